The van der Waals surface area contributed by atoms with Gasteiger partial charge in [-0.1, -0.05) is 91.0 Å². The van der Waals surface area contributed by atoms with Crippen molar-refractivity contribution in [3.05, 3.63) is 108 Å². The normalized spacial score (nSPS) is 11.6. The Labute approximate surface area is 195 Å². The van der Waals surface area contributed by atoms with Gasteiger partial charge in [0.15, 0.2) is 0 Å². The van der Waals surface area contributed by atoms with Crippen molar-refractivity contribution in [3.8, 4) is 28.5 Å². The summed E-state index contributed by atoms with van der Waals surface area (Å²) in [6, 6.07) is 34.1. The van der Waals surface area contributed by atoms with E-state index >= 15 is 0 Å². The highest BCUT2D eigenvalue weighted by atomic mass is 32.2. The summed E-state index contributed by atoms with van der Waals surface area (Å²) in [6.45, 7) is 0. The van der Waals surface area contributed by atoms with Crippen LogP contribution in [0.1, 0.15) is 11.1 Å². The van der Waals surface area contributed by atoms with Crippen molar-refractivity contribution in [3.63, 3.8) is 0 Å². The van der Waals surface area contributed by atoms with Crippen molar-refractivity contribution >= 4 is 22.6 Å². The molecule has 0 saturated heterocycles. The molecule has 158 valence electrons. The molecule has 1 heterocycles. The third-order valence-corrected chi connectivity index (χ3v) is 7.52. The molecule has 1 atom stereocenters. The minimum absolute atomic E-state index is 0.541. The zero-order valence-electron chi connectivity index (χ0n) is 17.5. The number of hydrogen-bond donors (Lipinski definition) is 0. The minimum Gasteiger partial charge on any atom is -0.259 e. The number of nitrogens with zero attached hydrogens (tertiary/aromatic N) is 2. The first-order chi connectivity index (χ1) is 15.7. The van der Waals surface area contributed by atoms with Crippen LogP contribution in [0.3, 0.4) is 0 Å². The van der Waals surface area contributed by atoms with Crippen molar-refractivity contribution in [2.75, 3.05) is 11.5 Å². The molecule has 32 heavy (non-hydrogen) atoms. The molecule has 4 rings (SSSR count). The number of pyridine rings is 1. The van der Waals surface area contributed by atoms with E-state index in [9.17, 15) is 9.47 Å². The van der Waals surface area contributed by atoms with Crippen molar-refractivity contribution in [1.29, 1.82) is 5.26 Å². The topological polar surface area (TPSA) is 53.8 Å². The Hall–Kier alpha value is -3.20. The Bertz CT molecular complexity index is 1240. The number of aromatic nitrogens is 1. The van der Waals surface area contributed by atoms with E-state index in [1.165, 1.54) is 11.8 Å². The van der Waals surface area contributed by atoms with E-state index in [-0.39, 0.29) is 0 Å². The van der Waals surface area contributed by atoms with Crippen molar-refractivity contribution in [1.82, 2.24) is 4.98 Å². The monoisotopic (exact) mass is 454 g/mol. The summed E-state index contributed by atoms with van der Waals surface area (Å²) < 4.78 is 12.5. The lowest BCUT2D eigenvalue weighted by molar-refractivity contribution is 0.683. The summed E-state index contributed by atoms with van der Waals surface area (Å²) in [5.41, 5.74) is 5.33. The molecule has 5 heteroatoms. The van der Waals surface area contributed by atoms with E-state index < -0.39 is 10.8 Å². The quantitative estimate of drug-likeness (QED) is 0.292. The summed E-state index contributed by atoms with van der Waals surface area (Å²) in [5, 5.41) is 10.6. The smallest absolute Gasteiger partial charge is 0.115 e. The Balaban J connectivity index is 1.60. The van der Waals surface area contributed by atoms with Crippen LogP contribution >= 0.6 is 11.8 Å². The molecule has 0 radical (unpaired) electrons. The summed E-state index contributed by atoms with van der Waals surface area (Å²) >= 11 is 1.50. The van der Waals surface area contributed by atoms with Crippen LogP contribution in [0.4, 0.5) is 0 Å². The van der Waals surface area contributed by atoms with Crippen molar-refractivity contribution in [2.24, 2.45) is 0 Å². The van der Waals surface area contributed by atoms with Crippen molar-refractivity contribution in [2.45, 2.75) is 10.8 Å². The van der Waals surface area contributed by atoms with E-state index in [0.29, 0.717) is 27.8 Å². The second kappa shape index (κ2) is 10.9. The number of hydrogen-bond acceptors (Lipinski definition) is 4. The number of benzene rings is 3. The van der Waals surface area contributed by atoms with E-state index in [0.717, 1.165) is 27.9 Å². The molecule has 3 nitrogen and oxygen atoms in total. The molecular weight excluding hydrogens is 432 g/mol. The highest BCUT2D eigenvalue weighted by molar-refractivity contribution is 8.00. The maximum Gasteiger partial charge on any atom is 0.115 e. The maximum atomic E-state index is 12.5. The molecule has 0 N–H and O–H groups in total. The zero-order valence-corrected chi connectivity index (χ0v) is 19.1. The Kier molecular flexibility index (Phi) is 7.50. The Morgan fingerprint density at radius 1 is 0.844 bits per heavy atom. The lowest BCUT2D eigenvalue weighted by Gasteiger charge is -2.12. The van der Waals surface area contributed by atoms with Gasteiger partial charge in [-0.3, -0.25) is 4.21 Å². The molecule has 0 bridgehead atoms. The third kappa shape index (κ3) is 5.53. The predicted molar refractivity (Wildman–Crippen MR) is 134 cm³/mol. The molecule has 0 saturated carbocycles. The average molecular weight is 455 g/mol. The van der Waals surface area contributed by atoms with Gasteiger partial charge in [-0.25, -0.2) is 4.98 Å². The van der Waals surface area contributed by atoms with E-state index in [1.807, 2.05) is 97.1 Å². The van der Waals surface area contributed by atoms with Crippen LogP contribution in [-0.2, 0) is 16.6 Å². The SMILES string of the molecule is N#Cc1c(-c2ccccc2)cc(-c2ccccc2)nc1SCC[S@](=O)Cc1ccccc1. The van der Waals surface area contributed by atoms with E-state index in [1.54, 1.807) is 0 Å². The number of rotatable bonds is 8. The number of nitriles is 1. The predicted octanol–water partition coefficient (Wildman–Crippen LogP) is 6.33. The molecule has 0 aliphatic carbocycles. The summed E-state index contributed by atoms with van der Waals surface area (Å²) in [6.07, 6.45) is 0. The fourth-order valence-electron chi connectivity index (χ4n) is 3.40. The molecule has 4 aromatic rings. The molecular formula is C27H22N2OS2. The van der Waals surface area contributed by atoms with Gasteiger partial charge >= 0.3 is 0 Å². The lowest BCUT2D eigenvalue weighted by Crippen LogP contribution is -2.04. The van der Waals surface area contributed by atoms with Crippen LogP contribution in [-0.4, -0.2) is 20.7 Å². The highest BCUT2D eigenvalue weighted by Gasteiger charge is 2.16. The van der Waals surface area contributed by atoms with Crippen LogP contribution in [0.2, 0.25) is 0 Å². The molecule has 0 fully saturated rings. The first kappa shape index (κ1) is 22.0. The van der Waals surface area contributed by atoms with Gasteiger partial charge in [0, 0.05) is 39.2 Å². The van der Waals surface area contributed by atoms with Gasteiger partial charge in [0.2, 0.25) is 0 Å². The van der Waals surface area contributed by atoms with Gasteiger partial charge in [-0.15, -0.1) is 11.8 Å². The summed E-state index contributed by atoms with van der Waals surface area (Å²) in [4.78, 5) is 4.82. The van der Waals surface area contributed by atoms with E-state index in [2.05, 4.69) is 6.07 Å². The van der Waals surface area contributed by atoms with Crippen LogP contribution < -0.4 is 0 Å². The molecule has 0 amide bonds. The molecule has 0 aliphatic heterocycles. The Morgan fingerprint density at radius 2 is 1.44 bits per heavy atom. The molecule has 0 unspecified atom stereocenters. The van der Waals surface area contributed by atoms with Crippen LogP contribution in [0, 0.1) is 11.3 Å². The number of thioether (sulfide) groups is 1. The molecule has 0 aliphatic rings. The van der Waals surface area contributed by atoms with Gasteiger partial charge in [-0.2, -0.15) is 5.26 Å². The average Bonchev–Trinajstić information content (AvgIpc) is 2.85. The fraction of sp³-hybridized carbons (Fsp3) is 0.111. The lowest BCUT2D eigenvalue weighted by atomic mass is 9.99. The van der Waals surface area contributed by atoms with Crippen LogP contribution in [0.15, 0.2) is 102 Å². The van der Waals surface area contributed by atoms with Crippen molar-refractivity contribution < 1.29 is 4.21 Å². The molecule has 0 spiro atoms. The summed E-state index contributed by atoms with van der Waals surface area (Å²) in [5.74, 6) is 1.72. The highest BCUT2D eigenvalue weighted by Crippen LogP contribution is 2.34. The fourth-order valence-corrected chi connectivity index (χ4v) is 5.84. The van der Waals surface area contributed by atoms with Gasteiger partial charge in [-0.05, 0) is 17.2 Å². The largest absolute Gasteiger partial charge is 0.259 e. The first-order valence-corrected chi connectivity index (χ1v) is 12.8. The second-order valence-corrected chi connectivity index (χ2v) is 9.86. The third-order valence-electron chi connectivity index (χ3n) is 4.97. The van der Waals surface area contributed by atoms with Crippen LogP contribution in [0.5, 0.6) is 0 Å². The standard InChI is InChI=1S/C27H22N2OS2/c28-19-25-24(22-12-6-2-7-13-22)18-26(23-14-8-3-9-15-23)29-27(25)31-16-17-32(30)20-21-10-4-1-5-11-21/h1-15,18H,16-17,20H2/t32-/m0/s1. The van der Waals surface area contributed by atoms with Gasteiger partial charge in [0.1, 0.15) is 11.1 Å². The van der Waals surface area contributed by atoms with E-state index in [4.69, 9.17) is 4.98 Å². The Morgan fingerprint density at radius 3 is 2.06 bits per heavy atom. The second-order valence-electron chi connectivity index (χ2n) is 7.20. The zero-order chi connectivity index (χ0) is 22.2. The van der Waals surface area contributed by atoms with Gasteiger partial charge < -0.3 is 0 Å². The molecule has 3 aromatic carbocycles. The first-order valence-electron chi connectivity index (χ1n) is 10.3. The maximum absolute atomic E-state index is 12.5. The minimum atomic E-state index is -0.967. The van der Waals surface area contributed by atoms with Crippen LogP contribution in [0.25, 0.3) is 22.4 Å². The van der Waals surface area contributed by atoms with Gasteiger partial charge in [0.05, 0.1) is 11.3 Å². The molecule has 1 aromatic heterocycles. The summed E-state index contributed by atoms with van der Waals surface area (Å²) in [7, 11) is -0.967. The van der Waals surface area contributed by atoms with Gasteiger partial charge in [0.25, 0.3) is 0 Å².